The van der Waals surface area contributed by atoms with E-state index in [0.717, 1.165) is 30.0 Å². The monoisotopic (exact) mass is 332 g/mol. The van der Waals surface area contributed by atoms with Crippen LogP contribution in [0.25, 0.3) is 0 Å². The van der Waals surface area contributed by atoms with E-state index in [0.29, 0.717) is 24.9 Å². The van der Waals surface area contributed by atoms with Crippen molar-refractivity contribution in [2.24, 2.45) is 0 Å². The maximum absolute atomic E-state index is 12.7. The first kappa shape index (κ1) is 15.7. The number of ether oxygens (including phenoxy) is 1. The van der Waals surface area contributed by atoms with E-state index >= 15 is 0 Å². The molecule has 0 aromatic carbocycles. The summed E-state index contributed by atoms with van der Waals surface area (Å²) in [6.07, 6.45) is 2.58. The van der Waals surface area contributed by atoms with Crippen molar-refractivity contribution in [1.82, 2.24) is 14.9 Å². The summed E-state index contributed by atoms with van der Waals surface area (Å²) in [4.78, 5) is 26.2. The van der Waals surface area contributed by atoms with Crippen LogP contribution >= 0.6 is 11.3 Å². The van der Waals surface area contributed by atoms with Crippen LogP contribution < -0.4 is 9.64 Å². The molecule has 3 rings (SSSR count). The van der Waals surface area contributed by atoms with Crippen LogP contribution in [0.3, 0.4) is 0 Å². The van der Waals surface area contributed by atoms with E-state index in [2.05, 4.69) is 21.8 Å². The molecule has 1 fully saturated rings. The van der Waals surface area contributed by atoms with Crippen molar-refractivity contribution >= 4 is 23.2 Å². The van der Waals surface area contributed by atoms with E-state index in [9.17, 15) is 4.79 Å². The summed E-state index contributed by atoms with van der Waals surface area (Å²) in [5.74, 6) is 1.35. The minimum atomic E-state index is 0.142. The minimum absolute atomic E-state index is 0.142. The Balaban J connectivity index is 1.65. The molecule has 7 heteroatoms. The lowest BCUT2D eigenvalue weighted by Gasteiger charge is -2.34. The molecule has 0 bridgehead atoms. The smallest absolute Gasteiger partial charge is 0.264 e. The molecule has 1 saturated heterocycles. The van der Waals surface area contributed by atoms with Gasteiger partial charge in [-0.15, -0.1) is 11.3 Å². The van der Waals surface area contributed by atoms with Crippen molar-refractivity contribution < 1.29 is 9.53 Å². The molecule has 1 aliphatic rings. The zero-order valence-electron chi connectivity index (χ0n) is 13.4. The molecule has 122 valence electrons. The van der Waals surface area contributed by atoms with Gasteiger partial charge in [-0.05, 0) is 23.4 Å². The van der Waals surface area contributed by atoms with Gasteiger partial charge in [-0.1, -0.05) is 6.92 Å². The summed E-state index contributed by atoms with van der Waals surface area (Å²) < 4.78 is 5.14. The van der Waals surface area contributed by atoms with Crippen LogP contribution in [0, 0.1) is 0 Å². The van der Waals surface area contributed by atoms with Crippen LogP contribution in [0.15, 0.2) is 23.7 Å². The summed E-state index contributed by atoms with van der Waals surface area (Å²) >= 11 is 1.53. The number of nitrogens with zero attached hydrogens (tertiary/aromatic N) is 4. The third kappa shape index (κ3) is 3.29. The lowest BCUT2D eigenvalue weighted by Crippen LogP contribution is -2.49. The third-order valence-electron chi connectivity index (χ3n) is 4.00. The Bertz CT molecular complexity index is 680. The van der Waals surface area contributed by atoms with E-state index in [-0.39, 0.29) is 5.91 Å². The SMILES string of the molecule is CCc1ccsc1C(=O)N1CCN(c2nccc(OC)n2)CC1. The number of thiophene rings is 1. The zero-order chi connectivity index (χ0) is 16.2. The number of carbonyl (C=O) groups excluding carboxylic acids is 1. The summed E-state index contributed by atoms with van der Waals surface area (Å²) in [6.45, 7) is 4.90. The number of amides is 1. The largest absolute Gasteiger partial charge is 0.481 e. The second kappa shape index (κ2) is 6.95. The van der Waals surface area contributed by atoms with Crippen LogP contribution in [0.1, 0.15) is 22.2 Å². The Morgan fingerprint density at radius 3 is 2.78 bits per heavy atom. The summed E-state index contributed by atoms with van der Waals surface area (Å²) in [6, 6.07) is 3.77. The fourth-order valence-electron chi connectivity index (χ4n) is 2.65. The second-order valence-electron chi connectivity index (χ2n) is 5.31. The number of methoxy groups -OCH3 is 1. The Morgan fingerprint density at radius 2 is 2.09 bits per heavy atom. The first-order chi connectivity index (χ1) is 11.2. The highest BCUT2D eigenvalue weighted by Crippen LogP contribution is 2.21. The third-order valence-corrected chi connectivity index (χ3v) is 4.94. The Labute approximate surface area is 139 Å². The molecule has 2 aromatic heterocycles. The quantitative estimate of drug-likeness (QED) is 0.858. The van der Waals surface area contributed by atoms with E-state index < -0.39 is 0 Å². The Morgan fingerprint density at radius 1 is 1.30 bits per heavy atom. The van der Waals surface area contributed by atoms with Crippen molar-refractivity contribution in [3.05, 3.63) is 34.2 Å². The van der Waals surface area contributed by atoms with Crippen LogP contribution in [-0.4, -0.2) is 54.1 Å². The number of hydrogen-bond acceptors (Lipinski definition) is 6. The van der Waals surface area contributed by atoms with E-state index in [1.807, 2.05) is 16.3 Å². The van der Waals surface area contributed by atoms with Gasteiger partial charge in [0, 0.05) is 38.4 Å². The second-order valence-corrected chi connectivity index (χ2v) is 6.22. The predicted octanol–water partition coefficient (Wildman–Crippen LogP) is 2.07. The molecule has 0 aliphatic carbocycles. The molecule has 6 nitrogen and oxygen atoms in total. The fraction of sp³-hybridized carbons (Fsp3) is 0.438. The van der Waals surface area contributed by atoms with Gasteiger partial charge >= 0.3 is 0 Å². The molecule has 1 amide bonds. The van der Waals surface area contributed by atoms with Gasteiger partial charge < -0.3 is 14.5 Å². The van der Waals surface area contributed by atoms with Gasteiger partial charge in [0.25, 0.3) is 5.91 Å². The number of rotatable bonds is 4. The standard InChI is InChI=1S/C16H20N4O2S/c1-3-12-5-11-23-14(12)15(21)19-7-9-20(10-8-19)16-17-6-4-13(18-16)22-2/h4-6,11H,3,7-10H2,1-2H3. The van der Waals surface area contributed by atoms with Crippen molar-refractivity contribution in [2.75, 3.05) is 38.2 Å². The predicted molar refractivity (Wildman–Crippen MR) is 90.4 cm³/mol. The highest BCUT2D eigenvalue weighted by atomic mass is 32.1. The summed E-state index contributed by atoms with van der Waals surface area (Å²) in [7, 11) is 1.59. The molecule has 0 atom stereocenters. The summed E-state index contributed by atoms with van der Waals surface area (Å²) in [5.41, 5.74) is 1.14. The highest BCUT2D eigenvalue weighted by molar-refractivity contribution is 7.12. The average molecular weight is 332 g/mol. The van der Waals surface area contributed by atoms with Crippen LogP contribution in [0.2, 0.25) is 0 Å². The Kier molecular flexibility index (Phi) is 4.76. The van der Waals surface area contributed by atoms with Crippen LogP contribution in [0.4, 0.5) is 5.95 Å². The lowest BCUT2D eigenvalue weighted by molar-refractivity contribution is 0.0750. The van der Waals surface area contributed by atoms with Gasteiger partial charge in [0.1, 0.15) is 0 Å². The number of aryl methyl sites for hydroxylation is 1. The topological polar surface area (TPSA) is 58.6 Å². The normalized spacial score (nSPS) is 14.9. The number of hydrogen-bond donors (Lipinski definition) is 0. The number of piperazine rings is 1. The van der Waals surface area contributed by atoms with E-state index in [1.54, 1.807) is 19.4 Å². The van der Waals surface area contributed by atoms with Gasteiger partial charge in [-0.25, -0.2) is 4.98 Å². The van der Waals surface area contributed by atoms with Gasteiger partial charge in [0.05, 0.1) is 12.0 Å². The average Bonchev–Trinajstić information content (AvgIpc) is 3.10. The molecule has 0 spiro atoms. The van der Waals surface area contributed by atoms with Crippen molar-refractivity contribution in [3.63, 3.8) is 0 Å². The van der Waals surface area contributed by atoms with Gasteiger partial charge in [0.15, 0.2) is 0 Å². The first-order valence-corrected chi connectivity index (χ1v) is 8.58. The molecule has 3 heterocycles. The molecule has 1 aliphatic heterocycles. The van der Waals surface area contributed by atoms with Crippen LogP contribution in [-0.2, 0) is 6.42 Å². The molecular weight excluding hydrogens is 312 g/mol. The number of anilines is 1. The minimum Gasteiger partial charge on any atom is -0.481 e. The van der Waals surface area contributed by atoms with Crippen LogP contribution in [0.5, 0.6) is 5.88 Å². The molecule has 2 aromatic rings. The van der Waals surface area contributed by atoms with E-state index in [4.69, 9.17) is 4.74 Å². The zero-order valence-corrected chi connectivity index (χ0v) is 14.2. The molecular formula is C16H20N4O2S. The number of aromatic nitrogens is 2. The number of carbonyl (C=O) groups is 1. The molecule has 0 saturated carbocycles. The molecule has 0 radical (unpaired) electrons. The maximum Gasteiger partial charge on any atom is 0.264 e. The maximum atomic E-state index is 12.7. The van der Waals surface area contributed by atoms with Crippen molar-refractivity contribution in [3.8, 4) is 5.88 Å². The summed E-state index contributed by atoms with van der Waals surface area (Å²) in [5, 5.41) is 1.99. The lowest BCUT2D eigenvalue weighted by atomic mass is 10.2. The molecule has 23 heavy (non-hydrogen) atoms. The van der Waals surface area contributed by atoms with Gasteiger partial charge in [-0.3, -0.25) is 4.79 Å². The van der Waals surface area contributed by atoms with Crippen molar-refractivity contribution in [2.45, 2.75) is 13.3 Å². The van der Waals surface area contributed by atoms with E-state index in [1.165, 1.54) is 11.3 Å². The van der Waals surface area contributed by atoms with Crippen molar-refractivity contribution in [1.29, 1.82) is 0 Å². The first-order valence-electron chi connectivity index (χ1n) is 7.70. The molecule has 0 unspecified atom stereocenters. The van der Waals surface area contributed by atoms with Gasteiger partial charge in [0.2, 0.25) is 11.8 Å². The van der Waals surface area contributed by atoms with Gasteiger partial charge in [-0.2, -0.15) is 4.98 Å². The molecule has 0 N–H and O–H groups in total. The Hall–Kier alpha value is -2.15. The fourth-order valence-corrected chi connectivity index (χ4v) is 3.62. The highest BCUT2D eigenvalue weighted by Gasteiger charge is 2.25.